The van der Waals surface area contributed by atoms with Gasteiger partial charge in [0.25, 0.3) is 11.8 Å². The van der Waals surface area contributed by atoms with E-state index >= 15 is 0 Å². The fourth-order valence-electron chi connectivity index (χ4n) is 3.33. The molecule has 0 aromatic heterocycles. The molecule has 3 aromatic rings. The molecule has 0 unspecified atom stereocenters. The zero-order chi connectivity index (χ0) is 21.3. The van der Waals surface area contributed by atoms with Crippen LogP contribution in [0.3, 0.4) is 0 Å². The predicted molar refractivity (Wildman–Crippen MR) is 120 cm³/mol. The van der Waals surface area contributed by atoms with Crippen LogP contribution in [0, 0.1) is 12.7 Å². The molecule has 0 atom stereocenters. The van der Waals surface area contributed by atoms with E-state index in [0.29, 0.717) is 26.9 Å². The minimum absolute atomic E-state index is 0.287. The van der Waals surface area contributed by atoms with E-state index in [0.717, 1.165) is 11.1 Å². The van der Waals surface area contributed by atoms with Crippen molar-refractivity contribution in [2.24, 2.45) is 0 Å². The third-order valence-electron chi connectivity index (χ3n) is 4.80. The number of benzene rings is 3. The number of anilines is 1. The lowest BCUT2D eigenvalue weighted by molar-refractivity contribution is -0.119. The van der Waals surface area contributed by atoms with Crippen molar-refractivity contribution in [2.75, 3.05) is 4.90 Å². The Balaban J connectivity index is 1.76. The summed E-state index contributed by atoms with van der Waals surface area (Å²) < 4.78 is 13.5. The summed E-state index contributed by atoms with van der Waals surface area (Å²) in [5, 5.41) is 0.528. The molecule has 0 bridgehead atoms. The van der Waals surface area contributed by atoms with Crippen LogP contribution in [0.4, 0.5) is 10.1 Å². The molecule has 0 radical (unpaired) electrons. The summed E-state index contributed by atoms with van der Waals surface area (Å²) >= 11 is 7.35. The van der Waals surface area contributed by atoms with Crippen LogP contribution in [-0.2, 0) is 15.3 Å². The third-order valence-corrected chi connectivity index (χ3v) is 6.18. The molecule has 0 aliphatic carbocycles. The second-order valence-corrected chi connectivity index (χ2v) is 8.28. The van der Waals surface area contributed by atoms with Gasteiger partial charge in [-0.2, -0.15) is 0 Å². The Labute approximate surface area is 183 Å². The van der Waals surface area contributed by atoms with Crippen molar-refractivity contribution in [3.63, 3.8) is 0 Å². The predicted octanol–water partition coefficient (Wildman–Crippen LogP) is 6.01. The van der Waals surface area contributed by atoms with Crippen LogP contribution in [0.1, 0.15) is 16.7 Å². The van der Waals surface area contributed by atoms with Gasteiger partial charge in [0.05, 0.1) is 16.2 Å². The molecule has 0 fully saturated rings. The number of rotatable bonds is 5. The maximum atomic E-state index is 13.5. The molecule has 6 heteroatoms. The summed E-state index contributed by atoms with van der Waals surface area (Å²) in [6, 6.07) is 20.4. The van der Waals surface area contributed by atoms with Crippen molar-refractivity contribution in [3.05, 3.63) is 105 Å². The number of carbonyl (C=O) groups is 2. The van der Waals surface area contributed by atoms with Crippen LogP contribution < -0.4 is 4.90 Å². The summed E-state index contributed by atoms with van der Waals surface area (Å²) in [6.07, 6.45) is 0. The lowest BCUT2D eigenvalue weighted by Crippen LogP contribution is -2.31. The molecule has 30 heavy (non-hydrogen) atoms. The highest BCUT2D eigenvalue weighted by Crippen LogP contribution is 2.40. The van der Waals surface area contributed by atoms with Gasteiger partial charge in [-0.3, -0.25) is 9.59 Å². The van der Waals surface area contributed by atoms with Crippen molar-refractivity contribution in [1.82, 2.24) is 0 Å². The van der Waals surface area contributed by atoms with Crippen LogP contribution in [0.2, 0.25) is 5.02 Å². The highest BCUT2D eigenvalue weighted by Gasteiger charge is 2.40. The Hall–Kier alpha value is -2.89. The zero-order valence-electron chi connectivity index (χ0n) is 16.1. The van der Waals surface area contributed by atoms with Crippen LogP contribution in [0.15, 0.2) is 77.7 Å². The molecule has 0 saturated heterocycles. The first-order chi connectivity index (χ1) is 14.5. The van der Waals surface area contributed by atoms with Crippen molar-refractivity contribution in [1.29, 1.82) is 0 Å². The molecular weight excluding hydrogens is 421 g/mol. The second kappa shape index (κ2) is 8.46. The molecule has 0 N–H and O–H groups in total. The van der Waals surface area contributed by atoms with Gasteiger partial charge in [0, 0.05) is 10.8 Å². The number of hydrogen-bond acceptors (Lipinski definition) is 3. The number of halogens is 2. The number of imide groups is 1. The van der Waals surface area contributed by atoms with E-state index in [2.05, 4.69) is 0 Å². The van der Waals surface area contributed by atoms with Gasteiger partial charge in [-0.05, 0) is 53.9 Å². The van der Waals surface area contributed by atoms with Gasteiger partial charge >= 0.3 is 0 Å². The number of nitrogens with zero attached hydrogens (tertiary/aromatic N) is 1. The van der Waals surface area contributed by atoms with Crippen molar-refractivity contribution < 1.29 is 14.0 Å². The van der Waals surface area contributed by atoms with Crippen molar-refractivity contribution in [2.45, 2.75) is 12.7 Å². The molecule has 3 aromatic carbocycles. The molecule has 0 spiro atoms. The smallest absolute Gasteiger partial charge is 0.268 e. The van der Waals surface area contributed by atoms with E-state index in [-0.39, 0.29) is 11.5 Å². The molecule has 150 valence electrons. The van der Waals surface area contributed by atoms with E-state index in [4.69, 9.17) is 11.6 Å². The van der Waals surface area contributed by atoms with Crippen LogP contribution in [0.5, 0.6) is 0 Å². The highest BCUT2D eigenvalue weighted by atomic mass is 35.5. The number of thioether (sulfide) groups is 1. The summed E-state index contributed by atoms with van der Waals surface area (Å²) in [7, 11) is 0. The van der Waals surface area contributed by atoms with Gasteiger partial charge < -0.3 is 0 Å². The first-order valence-electron chi connectivity index (χ1n) is 9.27. The van der Waals surface area contributed by atoms with Gasteiger partial charge in [-0.15, -0.1) is 11.8 Å². The molecule has 1 aliphatic rings. The molecule has 1 aliphatic heterocycles. The van der Waals surface area contributed by atoms with Crippen LogP contribution >= 0.6 is 23.4 Å². The number of hydrogen-bond donors (Lipinski definition) is 0. The summed E-state index contributed by atoms with van der Waals surface area (Å²) in [5.74, 6) is -0.675. The molecular formula is C24H17ClFNO2S. The Kier molecular flexibility index (Phi) is 5.75. The number of aryl methyl sites for hydroxylation is 1. The number of carbonyl (C=O) groups excluding carboxylic acids is 2. The lowest BCUT2D eigenvalue weighted by Gasteiger charge is -2.18. The summed E-state index contributed by atoms with van der Waals surface area (Å²) in [4.78, 5) is 28.2. The normalized spacial score (nSPS) is 14.0. The monoisotopic (exact) mass is 437 g/mol. The van der Waals surface area contributed by atoms with E-state index in [1.807, 2.05) is 30.3 Å². The van der Waals surface area contributed by atoms with Gasteiger partial charge in [-0.1, -0.05) is 54.1 Å². The summed E-state index contributed by atoms with van der Waals surface area (Å²) in [5.41, 5.74) is 3.05. The van der Waals surface area contributed by atoms with Gasteiger partial charge in [-0.25, -0.2) is 9.29 Å². The Morgan fingerprint density at radius 1 is 0.933 bits per heavy atom. The maximum absolute atomic E-state index is 13.5. The topological polar surface area (TPSA) is 37.4 Å². The van der Waals surface area contributed by atoms with Crippen molar-refractivity contribution >= 4 is 46.4 Å². The average molecular weight is 438 g/mol. The van der Waals surface area contributed by atoms with E-state index in [9.17, 15) is 14.0 Å². The standard InChI is InChI=1S/C24H17ClFNO2S/c1-15-13-18(25)9-12-20(15)27-23(28)21(17-7-10-19(26)11-8-17)22(24(27)29)30-14-16-5-3-2-4-6-16/h2-13H,14H2,1H3. The first-order valence-corrected chi connectivity index (χ1v) is 10.6. The first kappa shape index (κ1) is 20.4. The summed E-state index contributed by atoms with van der Waals surface area (Å²) in [6.45, 7) is 1.80. The molecule has 2 amide bonds. The minimum Gasteiger partial charge on any atom is -0.268 e. The molecule has 3 nitrogen and oxygen atoms in total. The quantitative estimate of drug-likeness (QED) is 0.459. The van der Waals surface area contributed by atoms with Crippen LogP contribution in [-0.4, -0.2) is 11.8 Å². The largest absolute Gasteiger partial charge is 0.272 e. The van der Waals surface area contributed by atoms with Gasteiger partial charge in [0.1, 0.15) is 5.82 Å². The molecule has 0 saturated carbocycles. The molecule has 1 heterocycles. The Bertz CT molecular complexity index is 1160. The maximum Gasteiger partial charge on any atom is 0.272 e. The van der Waals surface area contributed by atoms with Gasteiger partial charge in [0.2, 0.25) is 0 Å². The van der Waals surface area contributed by atoms with E-state index in [1.54, 1.807) is 25.1 Å². The van der Waals surface area contributed by atoms with Gasteiger partial charge in [0.15, 0.2) is 0 Å². The Morgan fingerprint density at radius 3 is 2.30 bits per heavy atom. The fourth-order valence-corrected chi connectivity index (χ4v) is 4.63. The zero-order valence-corrected chi connectivity index (χ0v) is 17.6. The third kappa shape index (κ3) is 3.91. The lowest BCUT2D eigenvalue weighted by atomic mass is 10.1. The number of amides is 2. The second-order valence-electron chi connectivity index (χ2n) is 6.86. The minimum atomic E-state index is -0.424. The fraction of sp³-hybridized carbons (Fsp3) is 0.0833. The average Bonchev–Trinajstić information content (AvgIpc) is 2.98. The van der Waals surface area contributed by atoms with Crippen molar-refractivity contribution in [3.8, 4) is 0 Å². The molecule has 4 rings (SSSR count). The van der Waals surface area contributed by atoms with Crippen LogP contribution in [0.25, 0.3) is 5.57 Å². The SMILES string of the molecule is Cc1cc(Cl)ccc1N1C(=O)C(SCc2ccccc2)=C(c2ccc(F)cc2)C1=O. The highest BCUT2D eigenvalue weighted by molar-refractivity contribution is 8.03. The Morgan fingerprint density at radius 2 is 1.63 bits per heavy atom. The van der Waals surface area contributed by atoms with E-state index in [1.165, 1.54) is 40.9 Å². The van der Waals surface area contributed by atoms with E-state index < -0.39 is 11.7 Å².